The fourth-order valence-corrected chi connectivity index (χ4v) is 1.43. The van der Waals surface area contributed by atoms with Gasteiger partial charge in [0.2, 0.25) is 0 Å². The molecule has 0 aliphatic carbocycles. The van der Waals surface area contributed by atoms with Crippen LogP contribution in [0.5, 0.6) is 0 Å². The average Bonchev–Trinajstić information content (AvgIpc) is 2.45. The van der Waals surface area contributed by atoms with Gasteiger partial charge in [-0.25, -0.2) is 0 Å². The third-order valence-electron chi connectivity index (χ3n) is 2.43. The molecule has 1 heterocycles. The van der Waals surface area contributed by atoms with Crippen LogP contribution in [-0.2, 0) is 0 Å². The van der Waals surface area contributed by atoms with Crippen LogP contribution in [-0.4, -0.2) is 10.8 Å². The van der Waals surface area contributed by atoms with E-state index in [1.165, 1.54) is 0 Å². The zero-order valence-electron chi connectivity index (χ0n) is 10.5. The van der Waals surface area contributed by atoms with Gasteiger partial charge in [0.15, 0.2) is 5.78 Å². The van der Waals surface area contributed by atoms with E-state index in [1.54, 1.807) is 31.5 Å². The summed E-state index contributed by atoms with van der Waals surface area (Å²) in [5, 5.41) is 0. The fourth-order valence-electron chi connectivity index (χ4n) is 1.43. The number of carbonyl (C=O) groups excluding carboxylic acids is 1. The molecule has 0 amide bonds. The lowest BCUT2D eigenvalue weighted by Crippen LogP contribution is -1.90. The Balaban J connectivity index is 2.09. The SMILES string of the molecule is CC(=O)c1ccc(C#CC#Cc2cccnc2)cc1. The van der Waals surface area contributed by atoms with Gasteiger partial charge in [-0.3, -0.25) is 9.78 Å². The van der Waals surface area contributed by atoms with Crippen LogP contribution < -0.4 is 0 Å². The summed E-state index contributed by atoms with van der Waals surface area (Å²) < 4.78 is 0. The number of ketones is 1. The van der Waals surface area contributed by atoms with Crippen LogP contribution in [0, 0.1) is 23.7 Å². The lowest BCUT2D eigenvalue weighted by atomic mass is 10.1. The predicted octanol–water partition coefficient (Wildman–Crippen LogP) is 2.69. The number of pyridine rings is 1. The normalized spacial score (nSPS) is 8.68. The first-order chi connectivity index (χ1) is 9.25. The first-order valence-corrected chi connectivity index (χ1v) is 5.79. The number of hydrogen-bond donors (Lipinski definition) is 0. The molecule has 19 heavy (non-hydrogen) atoms. The molecule has 0 saturated heterocycles. The van der Waals surface area contributed by atoms with E-state index in [1.807, 2.05) is 24.3 Å². The van der Waals surface area contributed by atoms with Gasteiger partial charge in [-0.1, -0.05) is 24.0 Å². The highest BCUT2D eigenvalue weighted by atomic mass is 16.1. The molecule has 0 aliphatic heterocycles. The average molecular weight is 245 g/mol. The molecule has 0 bridgehead atoms. The number of carbonyl (C=O) groups is 1. The Morgan fingerprint density at radius 3 is 2.26 bits per heavy atom. The van der Waals surface area contributed by atoms with Gasteiger partial charge in [-0.05, 0) is 43.0 Å². The zero-order valence-corrected chi connectivity index (χ0v) is 10.5. The van der Waals surface area contributed by atoms with Crippen LogP contribution in [0.15, 0.2) is 48.8 Å². The first-order valence-electron chi connectivity index (χ1n) is 5.79. The molecule has 2 aromatic rings. The molecule has 90 valence electrons. The summed E-state index contributed by atoms with van der Waals surface area (Å²) >= 11 is 0. The molecule has 1 aromatic heterocycles. The standard InChI is InChI=1S/C17H11NO/c1-14(19)17-10-8-15(9-11-17)5-2-3-6-16-7-4-12-18-13-16/h4,7-13H,1H3. The Morgan fingerprint density at radius 1 is 1.00 bits per heavy atom. The molecule has 0 radical (unpaired) electrons. The first kappa shape index (κ1) is 12.6. The van der Waals surface area contributed by atoms with E-state index >= 15 is 0 Å². The highest BCUT2D eigenvalue weighted by Crippen LogP contribution is 2.03. The minimum Gasteiger partial charge on any atom is -0.295 e. The van der Waals surface area contributed by atoms with Gasteiger partial charge in [0.1, 0.15) is 0 Å². The second kappa shape index (κ2) is 6.19. The number of benzene rings is 1. The Morgan fingerprint density at radius 2 is 1.68 bits per heavy atom. The van der Waals surface area contributed by atoms with Crippen LogP contribution in [0.25, 0.3) is 0 Å². The molecular formula is C17H11NO. The summed E-state index contributed by atoms with van der Waals surface area (Å²) in [6, 6.07) is 10.9. The predicted molar refractivity (Wildman–Crippen MR) is 74.4 cm³/mol. The van der Waals surface area contributed by atoms with Crippen molar-refractivity contribution in [3.8, 4) is 23.7 Å². The molecule has 0 fully saturated rings. The summed E-state index contributed by atoms with van der Waals surface area (Å²) in [7, 11) is 0. The number of Topliss-reactive ketones (excluding diaryl/α,β-unsaturated/α-hetero) is 1. The molecule has 0 aliphatic rings. The van der Waals surface area contributed by atoms with Gasteiger partial charge < -0.3 is 0 Å². The van der Waals surface area contributed by atoms with Gasteiger partial charge in [0, 0.05) is 29.1 Å². The number of rotatable bonds is 1. The lowest BCUT2D eigenvalue weighted by molar-refractivity contribution is 0.101. The maximum absolute atomic E-state index is 11.1. The van der Waals surface area contributed by atoms with E-state index in [0.717, 1.165) is 11.1 Å². The van der Waals surface area contributed by atoms with Crippen molar-refractivity contribution in [3.05, 3.63) is 65.5 Å². The lowest BCUT2D eigenvalue weighted by Gasteiger charge is -1.93. The monoisotopic (exact) mass is 245 g/mol. The molecule has 0 N–H and O–H groups in total. The van der Waals surface area contributed by atoms with Gasteiger partial charge in [0.05, 0.1) is 0 Å². The molecular weight excluding hydrogens is 234 g/mol. The molecule has 0 atom stereocenters. The molecule has 2 heteroatoms. The third kappa shape index (κ3) is 3.84. The summed E-state index contributed by atoms with van der Waals surface area (Å²) in [6.45, 7) is 1.54. The van der Waals surface area contributed by atoms with E-state index in [0.29, 0.717) is 5.56 Å². The Labute approximate surface area is 112 Å². The van der Waals surface area contributed by atoms with Crippen molar-refractivity contribution in [1.29, 1.82) is 0 Å². The second-order valence-electron chi connectivity index (χ2n) is 3.88. The van der Waals surface area contributed by atoms with Crippen LogP contribution in [0.1, 0.15) is 28.4 Å². The van der Waals surface area contributed by atoms with Crippen molar-refractivity contribution < 1.29 is 4.79 Å². The minimum atomic E-state index is 0.0517. The highest BCUT2D eigenvalue weighted by molar-refractivity contribution is 5.94. The third-order valence-corrected chi connectivity index (χ3v) is 2.43. The number of aromatic nitrogens is 1. The van der Waals surface area contributed by atoms with Crippen molar-refractivity contribution in [1.82, 2.24) is 4.98 Å². The van der Waals surface area contributed by atoms with Gasteiger partial charge >= 0.3 is 0 Å². The molecule has 1 aromatic carbocycles. The topological polar surface area (TPSA) is 30.0 Å². The van der Waals surface area contributed by atoms with Crippen molar-refractivity contribution in [2.45, 2.75) is 6.92 Å². The van der Waals surface area contributed by atoms with E-state index in [-0.39, 0.29) is 5.78 Å². The molecule has 0 unspecified atom stereocenters. The van der Waals surface area contributed by atoms with Gasteiger partial charge in [0.25, 0.3) is 0 Å². The summed E-state index contributed by atoms with van der Waals surface area (Å²) in [6.07, 6.45) is 3.39. The maximum Gasteiger partial charge on any atom is 0.159 e. The number of nitrogens with zero attached hydrogens (tertiary/aromatic N) is 1. The fraction of sp³-hybridized carbons (Fsp3) is 0.0588. The molecule has 2 nitrogen and oxygen atoms in total. The van der Waals surface area contributed by atoms with Crippen LogP contribution in [0.2, 0.25) is 0 Å². The summed E-state index contributed by atoms with van der Waals surface area (Å²) in [5.74, 6) is 11.4. The minimum absolute atomic E-state index is 0.0517. The van der Waals surface area contributed by atoms with E-state index in [4.69, 9.17) is 0 Å². The van der Waals surface area contributed by atoms with Crippen molar-refractivity contribution in [2.24, 2.45) is 0 Å². The highest BCUT2D eigenvalue weighted by Gasteiger charge is 1.96. The Bertz CT molecular complexity index is 692. The van der Waals surface area contributed by atoms with Crippen LogP contribution >= 0.6 is 0 Å². The molecule has 2 rings (SSSR count). The smallest absolute Gasteiger partial charge is 0.159 e. The Kier molecular flexibility index (Phi) is 4.11. The Hall–Kier alpha value is -2.84. The summed E-state index contributed by atoms with van der Waals surface area (Å²) in [5.41, 5.74) is 2.36. The van der Waals surface area contributed by atoms with Gasteiger partial charge in [-0.15, -0.1) is 0 Å². The van der Waals surface area contributed by atoms with Crippen molar-refractivity contribution >= 4 is 5.78 Å². The quantitative estimate of drug-likeness (QED) is 0.571. The number of hydrogen-bond acceptors (Lipinski definition) is 2. The van der Waals surface area contributed by atoms with Gasteiger partial charge in [-0.2, -0.15) is 0 Å². The van der Waals surface area contributed by atoms with Crippen molar-refractivity contribution in [2.75, 3.05) is 0 Å². The second-order valence-corrected chi connectivity index (χ2v) is 3.88. The van der Waals surface area contributed by atoms with Crippen molar-refractivity contribution in [3.63, 3.8) is 0 Å². The molecule has 0 spiro atoms. The zero-order chi connectivity index (χ0) is 13.5. The van der Waals surface area contributed by atoms with Crippen LogP contribution in [0.4, 0.5) is 0 Å². The van der Waals surface area contributed by atoms with E-state index in [9.17, 15) is 4.79 Å². The van der Waals surface area contributed by atoms with E-state index < -0.39 is 0 Å². The van der Waals surface area contributed by atoms with Crippen LogP contribution in [0.3, 0.4) is 0 Å². The largest absolute Gasteiger partial charge is 0.295 e. The van der Waals surface area contributed by atoms with E-state index in [2.05, 4.69) is 28.7 Å². The summed E-state index contributed by atoms with van der Waals surface area (Å²) in [4.78, 5) is 15.1. The molecule has 0 saturated carbocycles. The maximum atomic E-state index is 11.1.